The monoisotopic (exact) mass is 382 g/mol. The summed E-state index contributed by atoms with van der Waals surface area (Å²) in [5, 5.41) is 6.26. The van der Waals surface area contributed by atoms with Crippen molar-refractivity contribution in [3.8, 4) is 0 Å². The van der Waals surface area contributed by atoms with Crippen LogP contribution in [0.15, 0.2) is 36.7 Å². The number of benzene rings is 1. The Morgan fingerprint density at radius 2 is 2.07 bits per heavy atom. The SMILES string of the molecule is CN(N)/C=C(\N)c1ccc2cnc(NC(=O)CN3C4CCC3COC4)cc2c1. The molecule has 1 aromatic heterocycles. The van der Waals surface area contributed by atoms with Gasteiger partial charge in [0.1, 0.15) is 5.82 Å². The van der Waals surface area contributed by atoms with E-state index in [1.807, 2.05) is 24.3 Å². The number of nitrogens with two attached hydrogens (primary N) is 2. The zero-order valence-corrected chi connectivity index (χ0v) is 16.0. The van der Waals surface area contributed by atoms with Crippen LogP contribution < -0.4 is 16.9 Å². The Bertz CT molecular complexity index is 897. The molecule has 28 heavy (non-hydrogen) atoms. The summed E-state index contributed by atoms with van der Waals surface area (Å²) in [5.41, 5.74) is 7.51. The fourth-order valence-corrected chi connectivity index (χ4v) is 4.00. The van der Waals surface area contributed by atoms with Gasteiger partial charge < -0.3 is 20.8 Å². The molecule has 2 atom stereocenters. The van der Waals surface area contributed by atoms with Crippen LogP contribution in [0.1, 0.15) is 18.4 Å². The largest absolute Gasteiger partial charge is 0.397 e. The Kier molecular flexibility index (Phi) is 5.17. The van der Waals surface area contributed by atoms with Gasteiger partial charge in [-0.25, -0.2) is 10.8 Å². The van der Waals surface area contributed by atoms with Crippen LogP contribution in [-0.2, 0) is 9.53 Å². The van der Waals surface area contributed by atoms with Crippen LogP contribution in [0.25, 0.3) is 16.5 Å². The van der Waals surface area contributed by atoms with Crippen LogP contribution >= 0.6 is 0 Å². The summed E-state index contributed by atoms with van der Waals surface area (Å²) in [5.74, 6) is 6.12. The molecule has 148 valence electrons. The molecule has 2 aliphatic rings. The van der Waals surface area contributed by atoms with Gasteiger partial charge in [0, 0.05) is 36.9 Å². The summed E-state index contributed by atoms with van der Waals surface area (Å²) in [6.45, 7) is 1.80. The van der Waals surface area contributed by atoms with Crippen LogP contribution in [0, 0.1) is 0 Å². The van der Waals surface area contributed by atoms with Gasteiger partial charge >= 0.3 is 0 Å². The van der Waals surface area contributed by atoms with E-state index in [1.165, 1.54) is 5.01 Å². The maximum atomic E-state index is 12.5. The Balaban J connectivity index is 1.48. The van der Waals surface area contributed by atoms with E-state index >= 15 is 0 Å². The van der Waals surface area contributed by atoms with E-state index in [1.54, 1.807) is 19.4 Å². The average Bonchev–Trinajstić information content (AvgIpc) is 2.87. The third kappa shape index (κ3) is 3.94. The number of fused-ring (bicyclic) bond motifs is 3. The molecule has 0 spiro atoms. The van der Waals surface area contributed by atoms with Crippen molar-refractivity contribution in [1.82, 2.24) is 14.9 Å². The smallest absolute Gasteiger partial charge is 0.239 e. The Hall–Kier alpha value is -2.68. The highest BCUT2D eigenvalue weighted by molar-refractivity contribution is 5.94. The van der Waals surface area contributed by atoms with Gasteiger partial charge in [-0.05, 0) is 35.9 Å². The van der Waals surface area contributed by atoms with E-state index in [0.29, 0.717) is 43.4 Å². The summed E-state index contributed by atoms with van der Waals surface area (Å²) in [6, 6.07) is 8.41. The first-order valence-electron chi connectivity index (χ1n) is 9.48. The number of hydrogen-bond donors (Lipinski definition) is 3. The molecular formula is C20H26N6O2. The Morgan fingerprint density at radius 1 is 1.32 bits per heavy atom. The van der Waals surface area contributed by atoms with Crippen LogP contribution in [-0.4, -0.2) is 59.7 Å². The van der Waals surface area contributed by atoms with Crippen molar-refractivity contribution in [2.24, 2.45) is 11.6 Å². The zero-order valence-electron chi connectivity index (χ0n) is 16.0. The van der Waals surface area contributed by atoms with Gasteiger partial charge in [-0.15, -0.1) is 0 Å². The minimum absolute atomic E-state index is 0.0500. The molecule has 1 aromatic carbocycles. The molecule has 2 unspecified atom stereocenters. The van der Waals surface area contributed by atoms with Gasteiger partial charge in [0.2, 0.25) is 5.91 Å². The quantitative estimate of drug-likeness (QED) is 0.525. The van der Waals surface area contributed by atoms with Crippen molar-refractivity contribution in [1.29, 1.82) is 0 Å². The molecule has 2 aliphatic heterocycles. The maximum absolute atomic E-state index is 12.5. The number of nitrogens with zero attached hydrogens (tertiary/aromatic N) is 3. The van der Waals surface area contributed by atoms with Gasteiger partial charge in [0.25, 0.3) is 0 Å². The zero-order chi connectivity index (χ0) is 19.7. The molecule has 2 saturated heterocycles. The molecule has 8 heteroatoms. The van der Waals surface area contributed by atoms with E-state index < -0.39 is 0 Å². The Labute approximate surface area is 164 Å². The molecule has 2 bridgehead atoms. The number of nitrogens with one attached hydrogen (secondary N) is 1. The highest BCUT2D eigenvalue weighted by atomic mass is 16.5. The van der Waals surface area contributed by atoms with E-state index in [4.69, 9.17) is 16.3 Å². The predicted octanol–water partition coefficient (Wildman–Crippen LogP) is 1.10. The van der Waals surface area contributed by atoms with E-state index in [0.717, 1.165) is 29.2 Å². The number of rotatable bonds is 5. The first-order valence-corrected chi connectivity index (χ1v) is 9.48. The fraction of sp³-hybridized carbons (Fsp3) is 0.400. The molecule has 1 amide bonds. The predicted molar refractivity (Wildman–Crippen MR) is 109 cm³/mol. The highest BCUT2D eigenvalue weighted by Crippen LogP contribution is 2.28. The van der Waals surface area contributed by atoms with E-state index in [-0.39, 0.29) is 5.91 Å². The Morgan fingerprint density at radius 3 is 2.79 bits per heavy atom. The molecule has 0 saturated carbocycles. The summed E-state index contributed by atoms with van der Waals surface area (Å²) >= 11 is 0. The molecule has 8 nitrogen and oxygen atoms in total. The second-order valence-electron chi connectivity index (χ2n) is 7.52. The lowest BCUT2D eigenvalue weighted by atomic mass is 10.1. The van der Waals surface area contributed by atoms with Gasteiger partial charge in [0.15, 0.2) is 0 Å². The number of aromatic nitrogens is 1. The lowest BCUT2D eigenvalue weighted by molar-refractivity contribution is -0.120. The number of hydrazine groups is 1. The van der Waals surface area contributed by atoms with Crippen molar-refractivity contribution in [2.45, 2.75) is 24.9 Å². The number of pyridine rings is 1. The van der Waals surface area contributed by atoms with Gasteiger partial charge in [-0.1, -0.05) is 12.1 Å². The normalized spacial score (nSPS) is 22.4. The molecule has 0 aliphatic carbocycles. The second-order valence-corrected chi connectivity index (χ2v) is 7.52. The molecule has 0 radical (unpaired) electrons. The van der Waals surface area contributed by atoms with Crippen molar-refractivity contribution in [2.75, 3.05) is 32.1 Å². The third-order valence-corrected chi connectivity index (χ3v) is 5.38. The standard InChI is InChI=1S/C20H26N6O2/c1-25(22)9-18(21)13-2-3-14-8-23-19(7-15(14)6-13)24-20(27)10-26-16-4-5-17(26)12-28-11-16/h2-3,6-9,16-17H,4-5,10-12,21-22H2,1H3,(H,23,24,27)/b18-9-. The lowest BCUT2D eigenvalue weighted by Crippen LogP contribution is -2.48. The number of amides is 1. The molecule has 4 rings (SSSR count). The number of morpholine rings is 1. The topological polar surface area (TPSA) is 110 Å². The lowest BCUT2D eigenvalue weighted by Gasteiger charge is -2.33. The van der Waals surface area contributed by atoms with Gasteiger partial charge in [-0.3, -0.25) is 9.69 Å². The minimum Gasteiger partial charge on any atom is -0.397 e. The van der Waals surface area contributed by atoms with Gasteiger partial charge in [-0.2, -0.15) is 0 Å². The molecular weight excluding hydrogens is 356 g/mol. The van der Waals surface area contributed by atoms with Crippen LogP contribution in [0.3, 0.4) is 0 Å². The van der Waals surface area contributed by atoms with Crippen LogP contribution in [0.2, 0.25) is 0 Å². The van der Waals surface area contributed by atoms with E-state index in [2.05, 4.69) is 15.2 Å². The second kappa shape index (κ2) is 7.75. The third-order valence-electron chi connectivity index (χ3n) is 5.38. The van der Waals surface area contributed by atoms with Crippen molar-refractivity contribution in [3.63, 3.8) is 0 Å². The minimum atomic E-state index is -0.0500. The van der Waals surface area contributed by atoms with E-state index in [9.17, 15) is 4.79 Å². The van der Waals surface area contributed by atoms with Gasteiger partial charge in [0.05, 0.1) is 25.5 Å². The highest BCUT2D eigenvalue weighted by Gasteiger charge is 2.38. The summed E-state index contributed by atoms with van der Waals surface area (Å²) in [7, 11) is 1.71. The van der Waals surface area contributed by atoms with Crippen molar-refractivity contribution >= 4 is 28.2 Å². The summed E-state index contributed by atoms with van der Waals surface area (Å²) in [4.78, 5) is 19.2. The van der Waals surface area contributed by atoms with Crippen LogP contribution in [0.5, 0.6) is 0 Å². The molecule has 5 N–H and O–H groups in total. The first kappa shape index (κ1) is 18.7. The van der Waals surface area contributed by atoms with Crippen molar-refractivity contribution in [3.05, 3.63) is 42.2 Å². The number of hydrogen-bond acceptors (Lipinski definition) is 7. The summed E-state index contributed by atoms with van der Waals surface area (Å²) in [6.07, 6.45) is 5.60. The molecule has 3 heterocycles. The number of carbonyl (C=O) groups is 1. The molecule has 2 aromatic rings. The van der Waals surface area contributed by atoms with Crippen LogP contribution in [0.4, 0.5) is 5.82 Å². The summed E-state index contributed by atoms with van der Waals surface area (Å²) < 4.78 is 5.58. The average molecular weight is 382 g/mol. The maximum Gasteiger partial charge on any atom is 0.239 e. The fourth-order valence-electron chi connectivity index (χ4n) is 4.00. The number of ether oxygens (including phenoxy) is 1. The first-order chi connectivity index (χ1) is 13.5. The van der Waals surface area contributed by atoms with Crippen molar-refractivity contribution < 1.29 is 9.53 Å². The number of anilines is 1. The molecule has 2 fully saturated rings. The number of carbonyl (C=O) groups excluding carboxylic acids is 1.